The minimum absolute atomic E-state index is 0. The number of nitrogens with one attached hydrogen (secondary N) is 2. The fraction of sp³-hybridized carbons (Fsp3) is 0.469. The van der Waals surface area contributed by atoms with Crippen molar-refractivity contribution < 1.29 is 60.0 Å². The van der Waals surface area contributed by atoms with Crippen LogP contribution in [0.4, 0.5) is 35.9 Å². The molecule has 6 rings (SSSR count). The molecule has 6 unspecified atom stereocenters. The van der Waals surface area contributed by atoms with E-state index in [1.165, 1.54) is 54.6 Å². The molecule has 67 heavy (non-hydrogen) atoms. The van der Waals surface area contributed by atoms with Crippen LogP contribution >= 0.6 is 24.0 Å². The van der Waals surface area contributed by atoms with Crippen LogP contribution < -0.4 is 25.8 Å². The Morgan fingerprint density at radius 2 is 1.00 bits per heavy atom. The molecule has 3 saturated carbocycles. The van der Waals surface area contributed by atoms with Crippen LogP contribution in [0.2, 0.25) is 0 Å². The normalized spacial score (nSPS) is 19.6. The minimum Gasteiger partial charge on any atom is -0.508 e. The Morgan fingerprint density at radius 3 is 1.34 bits per heavy atom. The second-order valence-electron chi connectivity index (χ2n) is 18.1. The monoisotopic (exact) mass is 989 g/mol. The van der Waals surface area contributed by atoms with Crippen molar-refractivity contribution >= 4 is 36.2 Å². The smallest absolute Gasteiger partial charge is 0.407 e. The minimum atomic E-state index is -0.593. The zero-order chi connectivity index (χ0) is 49.5. The first kappa shape index (κ1) is 58.1. The number of ether oxygens (including phenoxy) is 4. The van der Waals surface area contributed by atoms with E-state index in [2.05, 4.69) is 30.4 Å². The molecule has 0 saturated heterocycles. The molecule has 0 aliphatic heterocycles. The van der Waals surface area contributed by atoms with Gasteiger partial charge in [-0.1, -0.05) is 19.7 Å². The maximum Gasteiger partial charge on any atom is 0.407 e. The summed E-state index contributed by atoms with van der Waals surface area (Å²) in [6, 6.07) is 12.4. The highest BCUT2D eigenvalue weighted by Gasteiger charge is 2.42. The summed E-state index contributed by atoms with van der Waals surface area (Å²) >= 11 is 4.86. The summed E-state index contributed by atoms with van der Waals surface area (Å²) in [5.41, 5.74) is 6.57. The lowest BCUT2D eigenvalue weighted by atomic mass is 10.1. The number of phenolic OH excluding ortho intramolecular Hbond substituents is 1. The van der Waals surface area contributed by atoms with Gasteiger partial charge in [0.05, 0.1) is 5.88 Å². The van der Waals surface area contributed by atoms with E-state index in [4.69, 9.17) is 36.3 Å². The number of aromatic hydroxyl groups is 1. The second-order valence-corrected chi connectivity index (χ2v) is 18.4. The third kappa shape index (κ3) is 22.1. The van der Waals surface area contributed by atoms with E-state index in [9.17, 15) is 41.0 Å². The molecule has 0 aromatic heterocycles. The Bertz CT molecular complexity index is 2150. The van der Waals surface area contributed by atoms with Crippen LogP contribution in [0.25, 0.3) is 0 Å². The average Bonchev–Trinajstić information content (AvgIpc) is 4.12. The number of halogens is 8. The number of phenols is 1. The van der Waals surface area contributed by atoms with Gasteiger partial charge in [-0.3, -0.25) is 0 Å². The number of allylic oxidation sites excluding steroid dienone is 1. The number of nitrogens with two attached hydrogens (primary N) is 1. The fourth-order valence-corrected chi connectivity index (χ4v) is 6.67. The number of hydrogen-bond acceptors (Lipinski definition) is 8. The SMILES string of the molecule is C=C(F)CCl.C=C(F)COc1ccc(F)cc1C1CC1CN.C=C(F)COc1ccc(F)cc1C1CC1CNC(=O)OC(C)(C)C.CC(C)(C)OC(=O)NCC1CC1c1cc(F)ccc1O.Cl. The highest BCUT2D eigenvalue weighted by atomic mass is 35.5. The maximum absolute atomic E-state index is 13.5. The highest BCUT2D eigenvalue weighted by Crippen LogP contribution is 2.52. The summed E-state index contributed by atoms with van der Waals surface area (Å²) in [5, 5.41) is 15.1. The summed E-state index contributed by atoms with van der Waals surface area (Å²) < 4.78 is 97.2. The number of hydrogen-bond donors (Lipinski definition) is 4. The van der Waals surface area contributed by atoms with Crippen molar-refractivity contribution in [3.05, 3.63) is 126 Å². The lowest BCUT2D eigenvalue weighted by molar-refractivity contribution is 0.0513. The summed E-state index contributed by atoms with van der Waals surface area (Å²) in [6.45, 7) is 21.0. The molecule has 3 aromatic carbocycles. The molecule has 18 heteroatoms. The number of amides is 2. The largest absolute Gasteiger partial charge is 0.508 e. The molecule has 0 heterocycles. The first-order valence-electron chi connectivity index (χ1n) is 21.3. The fourth-order valence-electron chi connectivity index (χ4n) is 6.67. The van der Waals surface area contributed by atoms with Crippen molar-refractivity contribution in [3.8, 4) is 17.2 Å². The van der Waals surface area contributed by atoms with E-state index in [0.717, 1.165) is 24.8 Å². The molecule has 3 aliphatic rings. The van der Waals surface area contributed by atoms with Gasteiger partial charge in [-0.15, -0.1) is 24.0 Å². The van der Waals surface area contributed by atoms with Gasteiger partial charge in [0, 0.05) is 29.8 Å². The highest BCUT2D eigenvalue weighted by molar-refractivity contribution is 6.19. The third-order valence-corrected chi connectivity index (χ3v) is 10.2. The molecule has 3 aliphatic carbocycles. The lowest BCUT2D eigenvalue weighted by Crippen LogP contribution is -2.33. The van der Waals surface area contributed by atoms with Crippen LogP contribution in [0.1, 0.15) is 95.2 Å². The molecular weight excluding hydrogens is 927 g/mol. The second kappa shape index (κ2) is 26.5. The van der Waals surface area contributed by atoms with Gasteiger partial charge in [-0.05, 0) is 157 Å². The van der Waals surface area contributed by atoms with Crippen molar-refractivity contribution in [3.63, 3.8) is 0 Å². The summed E-state index contributed by atoms with van der Waals surface area (Å²) in [4.78, 5) is 23.2. The molecule has 0 spiro atoms. The summed E-state index contributed by atoms with van der Waals surface area (Å²) in [6.07, 6.45) is 1.63. The van der Waals surface area contributed by atoms with Crippen molar-refractivity contribution in [2.75, 3.05) is 38.7 Å². The van der Waals surface area contributed by atoms with E-state index >= 15 is 0 Å². The molecule has 372 valence electrons. The van der Waals surface area contributed by atoms with Crippen LogP contribution in [0, 0.1) is 35.2 Å². The van der Waals surface area contributed by atoms with Crippen LogP contribution in [0.15, 0.2) is 91.8 Å². The number of carbonyl (C=O) groups is 2. The predicted molar refractivity (Wildman–Crippen MR) is 251 cm³/mol. The van der Waals surface area contributed by atoms with Gasteiger partial charge in [0.25, 0.3) is 0 Å². The molecule has 6 atom stereocenters. The molecular formula is C49H63Cl2F6N3O7. The lowest BCUT2D eigenvalue weighted by Gasteiger charge is -2.19. The molecule has 3 fully saturated rings. The van der Waals surface area contributed by atoms with Crippen molar-refractivity contribution in [1.82, 2.24) is 10.6 Å². The Kier molecular flexibility index (Phi) is 22.9. The Labute approximate surface area is 400 Å². The van der Waals surface area contributed by atoms with E-state index in [0.29, 0.717) is 48.2 Å². The predicted octanol–water partition coefficient (Wildman–Crippen LogP) is 12.4. The van der Waals surface area contributed by atoms with Crippen LogP contribution in [-0.2, 0) is 9.47 Å². The molecule has 0 bridgehead atoms. The van der Waals surface area contributed by atoms with Gasteiger partial charge in [0.1, 0.15) is 76.6 Å². The van der Waals surface area contributed by atoms with Crippen molar-refractivity contribution in [1.29, 1.82) is 0 Å². The number of benzene rings is 3. The first-order valence-corrected chi connectivity index (χ1v) is 21.9. The van der Waals surface area contributed by atoms with Crippen molar-refractivity contribution in [2.45, 2.75) is 89.8 Å². The van der Waals surface area contributed by atoms with Gasteiger partial charge >= 0.3 is 12.2 Å². The van der Waals surface area contributed by atoms with E-state index in [-0.39, 0.29) is 84.3 Å². The van der Waals surface area contributed by atoms with E-state index < -0.39 is 40.9 Å². The number of carbonyl (C=O) groups excluding carboxylic acids is 2. The van der Waals surface area contributed by atoms with Crippen LogP contribution in [0.5, 0.6) is 17.2 Å². The topological polar surface area (TPSA) is 141 Å². The van der Waals surface area contributed by atoms with Crippen LogP contribution in [0.3, 0.4) is 0 Å². The molecule has 0 radical (unpaired) electrons. The standard InChI is InChI=1S/C18H23F2NO3.C15H20FNO3.C13H15F2NO.C3H4ClF.ClH/c1-11(19)10-23-16-6-5-13(20)8-15(16)14-7-12(14)9-21-17(22)24-18(2,3)4;1-15(2,3)20-14(19)17-8-9-6-11(9)12-7-10(16)4-5-13(12)18;1-8(14)7-17-13-3-2-10(15)5-12(13)11-4-9(11)6-16;1-3(5)2-4;/h5-6,8,12,14H,1,7,9-10H2,2-4H3,(H,21,22);4-5,7,9,11,18H,6,8H2,1-3H3,(H,17,19);2-3,5,9,11H,1,4,6-7,16H2;1-2H2;1H. The van der Waals surface area contributed by atoms with Gasteiger partial charge in [-0.2, -0.15) is 0 Å². The zero-order valence-electron chi connectivity index (χ0n) is 38.7. The Hall–Kier alpha value is -5.06. The maximum atomic E-state index is 13.5. The third-order valence-electron chi connectivity index (χ3n) is 9.93. The molecule has 2 amide bonds. The Balaban J connectivity index is 0.000000329. The quantitative estimate of drug-likeness (QED) is 0.0871. The molecule has 5 N–H and O–H groups in total. The van der Waals surface area contributed by atoms with Crippen LogP contribution in [-0.4, -0.2) is 67.2 Å². The van der Waals surface area contributed by atoms with Gasteiger partial charge in [0.2, 0.25) is 0 Å². The first-order chi connectivity index (χ1) is 30.8. The van der Waals surface area contributed by atoms with E-state index in [1.54, 1.807) is 41.5 Å². The number of alkyl halides is 1. The van der Waals surface area contributed by atoms with Gasteiger partial charge in [0.15, 0.2) is 0 Å². The average molecular weight is 991 g/mol. The zero-order valence-corrected chi connectivity index (χ0v) is 40.2. The number of alkyl carbamates (subject to hydrolysis) is 2. The van der Waals surface area contributed by atoms with Gasteiger partial charge < -0.3 is 40.4 Å². The van der Waals surface area contributed by atoms with Crippen molar-refractivity contribution in [2.24, 2.45) is 23.5 Å². The number of rotatable bonds is 15. The summed E-state index contributed by atoms with van der Waals surface area (Å²) in [5.74, 6) is -0.500. The molecule has 10 nitrogen and oxygen atoms in total. The van der Waals surface area contributed by atoms with E-state index in [1.807, 2.05) is 0 Å². The summed E-state index contributed by atoms with van der Waals surface area (Å²) in [7, 11) is 0. The Morgan fingerprint density at radius 1 is 0.657 bits per heavy atom. The molecule has 3 aromatic rings. The van der Waals surface area contributed by atoms with Gasteiger partial charge in [-0.25, -0.2) is 35.9 Å².